The van der Waals surface area contributed by atoms with Crippen molar-refractivity contribution < 1.29 is 22.8 Å². The van der Waals surface area contributed by atoms with Gasteiger partial charge in [-0.15, -0.1) is 0 Å². The van der Waals surface area contributed by atoms with Gasteiger partial charge in [-0.3, -0.25) is 9.59 Å². The van der Waals surface area contributed by atoms with Crippen LogP contribution in [0.2, 0.25) is 0 Å². The molecule has 33 heavy (non-hydrogen) atoms. The third-order valence-corrected chi connectivity index (χ3v) is 5.12. The Morgan fingerprint density at radius 2 is 1.85 bits per heavy atom. The summed E-state index contributed by atoms with van der Waals surface area (Å²) in [6, 6.07) is 12.6. The molecule has 2 amide bonds. The minimum atomic E-state index is -1.05. The van der Waals surface area contributed by atoms with E-state index in [9.17, 15) is 18.4 Å². The number of pyridine rings is 1. The fourth-order valence-corrected chi connectivity index (χ4v) is 3.42. The van der Waals surface area contributed by atoms with Crippen LogP contribution in [0.5, 0.6) is 0 Å². The van der Waals surface area contributed by atoms with Gasteiger partial charge in [-0.1, -0.05) is 18.2 Å². The van der Waals surface area contributed by atoms with Crippen molar-refractivity contribution in [3.63, 3.8) is 0 Å². The Hall–Kier alpha value is -4.27. The van der Waals surface area contributed by atoms with Crippen molar-refractivity contribution in [2.45, 2.75) is 19.0 Å². The van der Waals surface area contributed by atoms with Gasteiger partial charge in [0.15, 0.2) is 17.4 Å². The highest BCUT2D eigenvalue weighted by Crippen LogP contribution is 2.20. The normalized spacial score (nSPS) is 11.8. The lowest BCUT2D eigenvalue weighted by molar-refractivity contribution is -0.123. The van der Waals surface area contributed by atoms with Gasteiger partial charge in [0, 0.05) is 24.5 Å². The molecule has 0 unspecified atom stereocenters. The summed E-state index contributed by atoms with van der Waals surface area (Å²) >= 11 is 0. The van der Waals surface area contributed by atoms with E-state index >= 15 is 0 Å². The summed E-state index contributed by atoms with van der Waals surface area (Å²) in [5.41, 5.74) is 7.03. The average molecular weight is 450 g/mol. The van der Waals surface area contributed by atoms with E-state index in [0.717, 1.165) is 28.5 Å². The van der Waals surface area contributed by atoms with Gasteiger partial charge in [0.05, 0.1) is 6.26 Å². The second kappa shape index (κ2) is 9.47. The Morgan fingerprint density at radius 3 is 2.61 bits per heavy atom. The third-order valence-electron chi connectivity index (χ3n) is 5.12. The number of fused-ring (bicyclic) bond motifs is 1. The molecular weight excluding hydrogens is 430 g/mol. The van der Waals surface area contributed by atoms with Crippen molar-refractivity contribution >= 4 is 28.4 Å². The molecule has 7 nitrogen and oxygen atoms in total. The van der Waals surface area contributed by atoms with E-state index in [4.69, 9.17) is 10.2 Å². The number of hydrogen-bond donors (Lipinski definition) is 3. The maximum atomic E-state index is 13.7. The smallest absolute Gasteiger partial charge is 0.287 e. The highest BCUT2D eigenvalue weighted by Gasteiger charge is 2.23. The molecule has 4 aromatic rings. The van der Waals surface area contributed by atoms with E-state index in [1.165, 1.54) is 18.4 Å². The molecule has 0 aliphatic heterocycles. The van der Waals surface area contributed by atoms with Gasteiger partial charge in [0.25, 0.3) is 5.91 Å². The van der Waals surface area contributed by atoms with Crippen molar-refractivity contribution in [2.24, 2.45) is 0 Å². The largest absolute Gasteiger partial charge is 0.459 e. The molecule has 0 fully saturated rings. The Balaban J connectivity index is 1.50. The number of carbonyl (C=O) groups excluding carboxylic acids is 2. The first-order chi connectivity index (χ1) is 15.9. The van der Waals surface area contributed by atoms with Gasteiger partial charge in [-0.25, -0.2) is 13.8 Å². The lowest BCUT2D eigenvalue weighted by atomic mass is 10.0. The molecule has 0 saturated carbocycles. The predicted molar refractivity (Wildman–Crippen MR) is 118 cm³/mol. The Labute approximate surface area is 187 Å². The molecule has 4 N–H and O–H groups in total. The highest BCUT2D eigenvalue weighted by molar-refractivity contribution is 5.95. The molecule has 168 valence electrons. The third kappa shape index (κ3) is 5.15. The first-order valence-corrected chi connectivity index (χ1v) is 10.1. The number of carbonyl (C=O) groups is 2. The molecule has 0 radical (unpaired) electrons. The van der Waals surface area contributed by atoms with E-state index in [0.29, 0.717) is 11.4 Å². The topological polar surface area (TPSA) is 110 Å². The van der Waals surface area contributed by atoms with Crippen LogP contribution in [-0.4, -0.2) is 22.8 Å². The number of halogens is 2. The zero-order valence-electron chi connectivity index (χ0n) is 17.3. The number of nitrogens with two attached hydrogens (primary N) is 1. The van der Waals surface area contributed by atoms with Crippen molar-refractivity contribution in [1.29, 1.82) is 0 Å². The fourth-order valence-electron chi connectivity index (χ4n) is 3.42. The van der Waals surface area contributed by atoms with Crippen LogP contribution < -0.4 is 16.4 Å². The Kier molecular flexibility index (Phi) is 6.30. The molecule has 0 saturated heterocycles. The monoisotopic (exact) mass is 450 g/mol. The summed E-state index contributed by atoms with van der Waals surface area (Å²) in [5.74, 6) is -2.68. The van der Waals surface area contributed by atoms with Crippen molar-refractivity contribution in [3.05, 3.63) is 95.6 Å². The lowest BCUT2D eigenvalue weighted by Crippen LogP contribution is -2.47. The fraction of sp³-hybridized carbons (Fsp3) is 0.125. The maximum absolute atomic E-state index is 13.7. The molecular formula is C24H20F2N4O3. The Morgan fingerprint density at radius 1 is 1.03 bits per heavy atom. The first-order valence-electron chi connectivity index (χ1n) is 10.1. The number of rotatable bonds is 7. The van der Waals surface area contributed by atoms with Crippen LogP contribution in [0.25, 0.3) is 10.8 Å². The Bertz CT molecular complexity index is 1310. The first kappa shape index (κ1) is 21.9. The van der Waals surface area contributed by atoms with Crippen LogP contribution in [0.3, 0.4) is 0 Å². The minimum Gasteiger partial charge on any atom is -0.459 e. The zero-order chi connectivity index (χ0) is 23.4. The van der Waals surface area contributed by atoms with Crippen LogP contribution in [0, 0.1) is 11.6 Å². The number of amides is 2. The number of aromatic nitrogens is 1. The zero-order valence-corrected chi connectivity index (χ0v) is 17.3. The molecule has 0 spiro atoms. The molecule has 2 heterocycles. The molecule has 0 aliphatic carbocycles. The van der Waals surface area contributed by atoms with E-state index in [2.05, 4.69) is 15.6 Å². The van der Waals surface area contributed by atoms with Gasteiger partial charge < -0.3 is 20.8 Å². The highest BCUT2D eigenvalue weighted by atomic mass is 19.2. The molecule has 9 heteroatoms. The number of furan rings is 1. The summed E-state index contributed by atoms with van der Waals surface area (Å²) in [6.45, 7) is 0.182. The number of anilines is 1. The van der Waals surface area contributed by atoms with Gasteiger partial charge in [-0.05, 0) is 52.9 Å². The molecule has 0 aliphatic rings. The summed E-state index contributed by atoms with van der Waals surface area (Å²) in [4.78, 5) is 29.4. The number of nitrogens with one attached hydrogen (secondary N) is 2. The molecule has 2 aromatic heterocycles. The lowest BCUT2D eigenvalue weighted by Gasteiger charge is -2.18. The van der Waals surface area contributed by atoms with Crippen LogP contribution in [0.4, 0.5) is 14.6 Å². The van der Waals surface area contributed by atoms with Crippen LogP contribution in [0.15, 0.2) is 71.5 Å². The predicted octanol–water partition coefficient (Wildman–Crippen LogP) is 3.35. The second-order valence-corrected chi connectivity index (χ2v) is 7.43. The van der Waals surface area contributed by atoms with E-state index < -0.39 is 29.5 Å². The number of hydrogen-bond acceptors (Lipinski definition) is 5. The molecule has 1 atom stereocenters. The minimum absolute atomic E-state index is 0.0267. The van der Waals surface area contributed by atoms with Crippen LogP contribution >= 0.6 is 0 Å². The van der Waals surface area contributed by atoms with E-state index in [1.807, 2.05) is 24.3 Å². The quantitative estimate of drug-likeness (QED) is 0.400. The summed E-state index contributed by atoms with van der Waals surface area (Å²) in [7, 11) is 0. The van der Waals surface area contributed by atoms with Gasteiger partial charge >= 0.3 is 0 Å². The van der Waals surface area contributed by atoms with Gasteiger partial charge in [0.1, 0.15) is 11.9 Å². The molecule has 2 aromatic carbocycles. The number of benzene rings is 2. The summed E-state index contributed by atoms with van der Waals surface area (Å²) in [6.07, 6.45) is 2.89. The molecule has 4 rings (SSSR count). The van der Waals surface area contributed by atoms with Crippen LogP contribution in [-0.2, 0) is 17.8 Å². The van der Waals surface area contributed by atoms with Crippen LogP contribution in [0.1, 0.15) is 21.7 Å². The summed E-state index contributed by atoms with van der Waals surface area (Å²) < 4.78 is 32.0. The average Bonchev–Trinajstić information content (AvgIpc) is 3.35. The van der Waals surface area contributed by atoms with Gasteiger partial charge in [-0.2, -0.15) is 0 Å². The van der Waals surface area contributed by atoms with Crippen molar-refractivity contribution in [1.82, 2.24) is 15.6 Å². The summed E-state index contributed by atoms with van der Waals surface area (Å²) in [5, 5.41) is 7.04. The molecule has 0 bridgehead atoms. The van der Waals surface area contributed by atoms with Crippen molar-refractivity contribution in [2.75, 3.05) is 5.73 Å². The van der Waals surface area contributed by atoms with E-state index in [1.54, 1.807) is 12.3 Å². The van der Waals surface area contributed by atoms with Crippen molar-refractivity contribution in [3.8, 4) is 0 Å². The second-order valence-electron chi connectivity index (χ2n) is 7.43. The van der Waals surface area contributed by atoms with Gasteiger partial charge in [0.2, 0.25) is 5.91 Å². The standard InChI is InChI=1S/C24H20F2N4O3/c25-18-6-4-14(11-19(18)26)12-20(30-24(32)21-2-1-9-33-21)23(31)29-13-15-3-5-17-16(10-15)7-8-28-22(17)27/h1-11,20H,12-13H2,(H2,27,28)(H,29,31)(H,30,32)/t20-/m0/s1. The number of nitrogen functional groups attached to an aromatic ring is 1. The van der Waals surface area contributed by atoms with E-state index in [-0.39, 0.29) is 18.7 Å². The SMILES string of the molecule is Nc1nccc2cc(CNC(=O)[C@H](Cc3ccc(F)c(F)c3)NC(=O)c3ccco3)ccc12. The number of nitrogens with zero attached hydrogens (tertiary/aromatic N) is 1. The maximum Gasteiger partial charge on any atom is 0.287 e.